The van der Waals surface area contributed by atoms with Crippen molar-refractivity contribution < 1.29 is 21.5 Å². The molecule has 0 fully saturated rings. The molecule has 0 aromatic rings. The molecule has 0 aliphatic carbocycles. The first kappa shape index (κ1) is 16.2. The monoisotopic (exact) mass is 230 g/mol. The quantitative estimate of drug-likeness (QED) is 0.728. The second-order valence-electron chi connectivity index (χ2n) is 4.80. The fourth-order valence-electron chi connectivity index (χ4n) is 0.629. The lowest BCUT2D eigenvalue weighted by Gasteiger charge is -2.23. The van der Waals surface area contributed by atoms with E-state index in [1.807, 2.05) is 0 Å². The second kappa shape index (κ2) is 4.55. The highest BCUT2D eigenvalue weighted by molar-refractivity contribution is 7.81. The molecule has 0 aromatic carbocycles. The molecule has 0 amide bonds. The van der Waals surface area contributed by atoms with Crippen LogP contribution in [0.4, 0.5) is 4.70 Å². The minimum atomic E-state index is -3.90. The minimum Gasteiger partial charge on any atom is -0.269 e. The van der Waals surface area contributed by atoms with Crippen molar-refractivity contribution in [2.24, 2.45) is 0 Å². The predicted molar refractivity (Wildman–Crippen MR) is 53.1 cm³/mol. The van der Waals surface area contributed by atoms with Crippen LogP contribution in [-0.2, 0) is 18.8 Å². The van der Waals surface area contributed by atoms with Gasteiger partial charge >= 0.3 is 10.4 Å². The summed E-state index contributed by atoms with van der Waals surface area (Å²) in [6.45, 7) is 9.90. The molecule has 0 unspecified atom stereocenters. The van der Waals surface area contributed by atoms with Gasteiger partial charge in [-0.2, -0.15) is 8.42 Å². The minimum absolute atomic E-state index is 0. The third-order valence-electron chi connectivity index (χ3n) is 0.704. The molecule has 0 saturated heterocycles. The Morgan fingerprint density at radius 3 is 1.14 bits per heavy atom. The number of hydrogen-bond donors (Lipinski definition) is 0. The van der Waals surface area contributed by atoms with E-state index in [2.05, 4.69) is 0 Å². The molecule has 4 nitrogen and oxygen atoms in total. The lowest BCUT2D eigenvalue weighted by molar-refractivity contribution is 0.0593. The molecule has 88 valence electrons. The Hall–Kier alpha value is -0.200. The average molecular weight is 230 g/mol. The molecule has 14 heavy (non-hydrogen) atoms. The van der Waals surface area contributed by atoms with Crippen LogP contribution in [0.5, 0.6) is 0 Å². The molecule has 0 heterocycles. The summed E-state index contributed by atoms with van der Waals surface area (Å²) in [4.78, 5) is 0. The van der Waals surface area contributed by atoms with Crippen LogP contribution in [0.2, 0.25) is 0 Å². The fourth-order valence-corrected chi connectivity index (χ4v) is 1.89. The summed E-state index contributed by atoms with van der Waals surface area (Å²) in [5.41, 5.74) is -1.52. The van der Waals surface area contributed by atoms with Gasteiger partial charge in [-0.15, -0.1) is 0 Å². The summed E-state index contributed by atoms with van der Waals surface area (Å²) in [6, 6.07) is 0. The van der Waals surface area contributed by atoms with Crippen LogP contribution in [0.25, 0.3) is 0 Å². The number of hydrogen-bond acceptors (Lipinski definition) is 4. The summed E-state index contributed by atoms with van der Waals surface area (Å²) in [7, 11) is -3.90. The van der Waals surface area contributed by atoms with E-state index in [4.69, 9.17) is 8.37 Å². The average Bonchev–Trinajstić information content (AvgIpc) is 1.43. The van der Waals surface area contributed by atoms with Gasteiger partial charge in [0, 0.05) is 0 Å². The van der Waals surface area contributed by atoms with Gasteiger partial charge in [0.25, 0.3) is 0 Å². The molecule has 0 spiro atoms. The van der Waals surface area contributed by atoms with Crippen LogP contribution in [0.15, 0.2) is 0 Å². The maximum Gasteiger partial charge on any atom is 0.400 e. The lowest BCUT2D eigenvalue weighted by atomic mass is 10.2. The smallest absolute Gasteiger partial charge is 0.269 e. The predicted octanol–water partition coefficient (Wildman–Crippen LogP) is 2.01. The Morgan fingerprint density at radius 2 is 1.00 bits per heavy atom. The number of halogens is 1. The van der Waals surface area contributed by atoms with Crippen molar-refractivity contribution in [3.63, 3.8) is 0 Å². The Kier molecular flexibility index (Phi) is 5.27. The molecule has 0 aliphatic heterocycles. The Balaban J connectivity index is 0. The van der Waals surface area contributed by atoms with Gasteiger partial charge in [-0.1, -0.05) is 0 Å². The van der Waals surface area contributed by atoms with E-state index in [0.29, 0.717) is 0 Å². The zero-order valence-electron chi connectivity index (χ0n) is 9.45. The van der Waals surface area contributed by atoms with Gasteiger partial charge in [0.05, 0.1) is 11.2 Å². The molecule has 0 radical (unpaired) electrons. The molecule has 0 aliphatic rings. The maximum absolute atomic E-state index is 11.2. The van der Waals surface area contributed by atoms with Crippen molar-refractivity contribution in [1.82, 2.24) is 0 Å². The van der Waals surface area contributed by atoms with E-state index in [1.165, 1.54) is 0 Å². The van der Waals surface area contributed by atoms with Gasteiger partial charge in [-0.05, 0) is 41.5 Å². The highest BCUT2D eigenvalue weighted by Crippen LogP contribution is 2.18. The van der Waals surface area contributed by atoms with Crippen LogP contribution in [0.1, 0.15) is 41.5 Å². The first-order valence-corrected chi connectivity index (χ1v) is 5.41. The molecule has 0 rings (SSSR count). The molecule has 0 saturated carbocycles. The van der Waals surface area contributed by atoms with Crippen LogP contribution in [0, 0.1) is 0 Å². The van der Waals surface area contributed by atoms with Crippen LogP contribution in [0.3, 0.4) is 0 Å². The lowest BCUT2D eigenvalue weighted by Crippen LogP contribution is -2.31. The van der Waals surface area contributed by atoms with E-state index in [9.17, 15) is 8.42 Å². The van der Waals surface area contributed by atoms with Crippen molar-refractivity contribution in [3.05, 3.63) is 0 Å². The highest BCUT2D eigenvalue weighted by Gasteiger charge is 2.27. The van der Waals surface area contributed by atoms with Gasteiger partial charge in [0.1, 0.15) is 0 Å². The van der Waals surface area contributed by atoms with E-state index in [-0.39, 0.29) is 4.70 Å². The molecule has 0 aromatic heterocycles. The summed E-state index contributed by atoms with van der Waals surface area (Å²) in [5, 5.41) is 0. The van der Waals surface area contributed by atoms with Crippen LogP contribution >= 0.6 is 0 Å². The normalized spacial score (nSPS) is 13.6. The van der Waals surface area contributed by atoms with Crippen molar-refractivity contribution >= 4 is 10.4 Å². The molecular formula is C8H19FO4S. The number of rotatable bonds is 2. The first-order chi connectivity index (χ1) is 5.41. The summed E-state index contributed by atoms with van der Waals surface area (Å²) >= 11 is 0. The Labute approximate surface area is 85.3 Å². The fraction of sp³-hybridized carbons (Fsp3) is 1.00. The SMILES string of the molecule is CC(C)(C)OS(=O)(=O)OC(C)(C)C.F. The van der Waals surface area contributed by atoms with Crippen molar-refractivity contribution in [2.75, 3.05) is 0 Å². The standard InChI is InChI=1S/C8H18O4S.FH/c1-7(2,3)11-13(9,10)12-8(4,5)6;/h1-6H3;1H. The topological polar surface area (TPSA) is 52.6 Å². The molecule has 0 bridgehead atoms. The molecule has 0 atom stereocenters. The summed E-state index contributed by atoms with van der Waals surface area (Å²) < 4.78 is 31.9. The van der Waals surface area contributed by atoms with E-state index in [1.54, 1.807) is 41.5 Å². The van der Waals surface area contributed by atoms with Crippen LogP contribution in [-0.4, -0.2) is 19.6 Å². The third-order valence-corrected chi connectivity index (χ3v) is 2.11. The zero-order chi connectivity index (χ0) is 10.9. The van der Waals surface area contributed by atoms with Gasteiger partial charge < -0.3 is 0 Å². The Bertz CT molecular complexity index is 236. The molecule has 6 heteroatoms. The van der Waals surface area contributed by atoms with Gasteiger partial charge in [-0.25, -0.2) is 8.37 Å². The van der Waals surface area contributed by atoms with Crippen LogP contribution < -0.4 is 0 Å². The Morgan fingerprint density at radius 1 is 0.786 bits per heavy atom. The maximum atomic E-state index is 11.2. The van der Waals surface area contributed by atoms with Crippen molar-refractivity contribution in [3.8, 4) is 0 Å². The van der Waals surface area contributed by atoms with E-state index < -0.39 is 21.6 Å². The van der Waals surface area contributed by atoms with Gasteiger partial charge in [0.2, 0.25) is 0 Å². The summed E-state index contributed by atoms with van der Waals surface area (Å²) in [5.74, 6) is 0. The molecular weight excluding hydrogens is 211 g/mol. The van der Waals surface area contributed by atoms with E-state index in [0.717, 1.165) is 0 Å². The first-order valence-electron chi connectivity index (χ1n) is 4.07. The largest absolute Gasteiger partial charge is 0.400 e. The van der Waals surface area contributed by atoms with E-state index >= 15 is 0 Å². The third kappa shape index (κ3) is 9.88. The highest BCUT2D eigenvalue weighted by atomic mass is 32.3. The second-order valence-corrected chi connectivity index (χ2v) is 5.95. The molecule has 0 N–H and O–H groups in total. The van der Waals surface area contributed by atoms with Crippen molar-refractivity contribution in [1.29, 1.82) is 0 Å². The summed E-state index contributed by atoms with van der Waals surface area (Å²) in [6.07, 6.45) is 0. The van der Waals surface area contributed by atoms with Crippen molar-refractivity contribution in [2.45, 2.75) is 52.7 Å². The van der Waals surface area contributed by atoms with Gasteiger partial charge in [0.15, 0.2) is 0 Å². The van der Waals surface area contributed by atoms with Gasteiger partial charge in [-0.3, -0.25) is 4.70 Å². The zero-order valence-corrected chi connectivity index (χ0v) is 10.3.